The summed E-state index contributed by atoms with van der Waals surface area (Å²) >= 11 is 0. The Morgan fingerprint density at radius 3 is 2.71 bits per heavy atom. The summed E-state index contributed by atoms with van der Waals surface area (Å²) in [6.07, 6.45) is 6.02. The molecule has 5 atom stereocenters. The van der Waals surface area contributed by atoms with Crippen molar-refractivity contribution >= 4 is 0 Å². The molecule has 2 aliphatic heterocycles. The Morgan fingerprint density at radius 2 is 2.00 bits per heavy atom. The van der Waals surface area contributed by atoms with Crippen molar-refractivity contribution in [3.05, 3.63) is 70.8 Å². The van der Waals surface area contributed by atoms with E-state index in [4.69, 9.17) is 9.47 Å². The van der Waals surface area contributed by atoms with Crippen molar-refractivity contribution in [2.45, 2.75) is 63.2 Å². The third-order valence-electron chi connectivity index (χ3n) is 9.36. The molecule has 2 aliphatic carbocycles. The molecule has 5 heteroatoms. The van der Waals surface area contributed by atoms with Crippen molar-refractivity contribution in [3.63, 3.8) is 0 Å². The van der Waals surface area contributed by atoms with E-state index in [2.05, 4.69) is 30.9 Å². The molecule has 1 unspecified atom stereocenters. The number of benzene rings is 2. The SMILES string of the molecule is COC[C@@H]1Oc2c(O)ccc3c2[C@@]12CCN(CC1CC1)[C@H](C3)[C@@]2(C)/C=C(\C)C(O)c1ccccc1. The van der Waals surface area contributed by atoms with Crippen LogP contribution in [0.25, 0.3) is 0 Å². The number of nitrogens with zero attached hydrogens (tertiary/aromatic N) is 1. The van der Waals surface area contributed by atoms with Crippen LogP contribution in [0.2, 0.25) is 0 Å². The minimum absolute atomic E-state index is 0.191. The molecule has 0 aromatic heterocycles. The molecule has 2 aromatic rings. The fourth-order valence-corrected chi connectivity index (χ4v) is 7.52. The first-order chi connectivity index (χ1) is 16.9. The normalized spacial score (nSPS) is 32.7. The predicted molar refractivity (Wildman–Crippen MR) is 136 cm³/mol. The number of fused-ring (bicyclic) bond motifs is 1. The molecule has 35 heavy (non-hydrogen) atoms. The molecular formula is C30H37NO4. The Kier molecular flexibility index (Phi) is 5.51. The second-order valence-electron chi connectivity index (χ2n) is 11.4. The lowest BCUT2D eigenvalue weighted by Gasteiger charge is -2.62. The minimum Gasteiger partial charge on any atom is -0.504 e. The highest BCUT2D eigenvalue weighted by atomic mass is 16.5. The van der Waals surface area contributed by atoms with Gasteiger partial charge in [-0.3, -0.25) is 4.90 Å². The summed E-state index contributed by atoms with van der Waals surface area (Å²) < 4.78 is 12.2. The molecule has 2 aromatic carbocycles. The molecule has 2 bridgehead atoms. The average Bonchev–Trinajstić information content (AvgIpc) is 3.60. The van der Waals surface area contributed by atoms with Gasteiger partial charge >= 0.3 is 0 Å². The van der Waals surface area contributed by atoms with Crippen LogP contribution in [0.4, 0.5) is 0 Å². The van der Waals surface area contributed by atoms with E-state index >= 15 is 0 Å². The topological polar surface area (TPSA) is 62.2 Å². The third-order valence-corrected chi connectivity index (χ3v) is 9.36. The molecule has 5 nitrogen and oxygen atoms in total. The summed E-state index contributed by atoms with van der Waals surface area (Å²) in [6.45, 7) is 7.04. The van der Waals surface area contributed by atoms with E-state index in [1.807, 2.05) is 30.3 Å². The van der Waals surface area contributed by atoms with Gasteiger partial charge in [-0.05, 0) is 67.8 Å². The third kappa shape index (κ3) is 3.39. The van der Waals surface area contributed by atoms with Crippen LogP contribution in [0, 0.1) is 11.3 Å². The van der Waals surface area contributed by atoms with Gasteiger partial charge in [0.15, 0.2) is 11.5 Å². The lowest BCUT2D eigenvalue weighted by molar-refractivity contribution is -0.0791. The van der Waals surface area contributed by atoms with Gasteiger partial charge in [0.2, 0.25) is 0 Å². The van der Waals surface area contributed by atoms with E-state index in [-0.39, 0.29) is 22.7 Å². The van der Waals surface area contributed by atoms with Gasteiger partial charge in [-0.2, -0.15) is 0 Å². The van der Waals surface area contributed by atoms with Gasteiger partial charge in [-0.15, -0.1) is 0 Å². The van der Waals surface area contributed by atoms with Crippen LogP contribution in [0.3, 0.4) is 0 Å². The van der Waals surface area contributed by atoms with E-state index in [1.54, 1.807) is 13.2 Å². The smallest absolute Gasteiger partial charge is 0.165 e. The van der Waals surface area contributed by atoms with Gasteiger partial charge in [0.1, 0.15) is 6.10 Å². The van der Waals surface area contributed by atoms with Crippen molar-refractivity contribution in [1.29, 1.82) is 0 Å². The van der Waals surface area contributed by atoms with Crippen molar-refractivity contribution < 1.29 is 19.7 Å². The van der Waals surface area contributed by atoms with Crippen LogP contribution in [-0.2, 0) is 16.6 Å². The Labute approximate surface area is 208 Å². The summed E-state index contributed by atoms with van der Waals surface area (Å²) in [7, 11) is 1.73. The summed E-state index contributed by atoms with van der Waals surface area (Å²) in [6, 6.07) is 14.1. The maximum Gasteiger partial charge on any atom is 0.165 e. The van der Waals surface area contributed by atoms with E-state index in [0.717, 1.165) is 43.0 Å². The number of aromatic hydroxyl groups is 1. The molecule has 0 amide bonds. The number of phenols is 1. The zero-order valence-corrected chi connectivity index (χ0v) is 21.0. The van der Waals surface area contributed by atoms with Crippen LogP contribution in [0.1, 0.15) is 55.9 Å². The van der Waals surface area contributed by atoms with Crippen LogP contribution >= 0.6 is 0 Å². The summed E-state index contributed by atoms with van der Waals surface area (Å²) in [5.74, 6) is 1.66. The number of aliphatic hydroxyl groups is 1. The van der Waals surface area contributed by atoms with E-state index < -0.39 is 6.10 Å². The second kappa shape index (κ2) is 8.36. The molecule has 2 heterocycles. The quantitative estimate of drug-likeness (QED) is 0.565. The zero-order valence-electron chi connectivity index (χ0n) is 21.0. The highest BCUT2D eigenvalue weighted by Gasteiger charge is 2.67. The number of ether oxygens (including phenoxy) is 2. The number of aliphatic hydroxyl groups excluding tert-OH is 1. The summed E-state index contributed by atoms with van der Waals surface area (Å²) in [4.78, 5) is 2.71. The molecule has 2 N–H and O–H groups in total. The molecule has 0 radical (unpaired) electrons. The van der Waals surface area contributed by atoms with E-state index in [0.29, 0.717) is 18.4 Å². The van der Waals surface area contributed by atoms with Crippen molar-refractivity contribution in [2.75, 3.05) is 26.8 Å². The highest BCUT2D eigenvalue weighted by molar-refractivity contribution is 5.62. The largest absolute Gasteiger partial charge is 0.504 e. The highest BCUT2D eigenvalue weighted by Crippen LogP contribution is 2.66. The molecule has 2 fully saturated rings. The first-order valence-corrected chi connectivity index (χ1v) is 13.1. The molecule has 186 valence electrons. The number of piperidine rings is 1. The lowest BCUT2D eigenvalue weighted by Crippen LogP contribution is -2.68. The molecule has 4 aliphatic rings. The predicted octanol–water partition coefficient (Wildman–Crippen LogP) is 4.76. The fraction of sp³-hybridized carbons (Fsp3) is 0.533. The van der Waals surface area contributed by atoms with Gasteiger partial charge in [0, 0.05) is 30.7 Å². The number of hydrogen-bond donors (Lipinski definition) is 2. The van der Waals surface area contributed by atoms with Crippen molar-refractivity contribution in [1.82, 2.24) is 4.90 Å². The standard InChI is InChI=1S/C30H37NO4/c1-19(27(33)21-7-5-4-6-8-21)16-29(2)24-15-22-11-12-23(32)28-26(22)30(29,25(35-28)18-34-3)13-14-31(24)17-20-9-10-20/h4-8,11-12,16,20,24-25,27,32-33H,9-10,13-15,17-18H2,1-3H3/b19-16+/t24-,25+,27?,29-,30-/m1/s1. The van der Waals surface area contributed by atoms with Gasteiger partial charge < -0.3 is 19.7 Å². The molecule has 1 spiro atoms. The zero-order chi connectivity index (χ0) is 24.4. The number of phenolic OH excluding ortho intramolecular Hbond substituents is 1. The molecule has 6 rings (SSSR count). The molecular weight excluding hydrogens is 438 g/mol. The van der Waals surface area contributed by atoms with Gasteiger partial charge in [0.25, 0.3) is 0 Å². The monoisotopic (exact) mass is 475 g/mol. The van der Waals surface area contributed by atoms with E-state index in [1.165, 1.54) is 24.0 Å². The second-order valence-corrected chi connectivity index (χ2v) is 11.4. The minimum atomic E-state index is -0.657. The number of methoxy groups -OCH3 is 1. The van der Waals surface area contributed by atoms with Gasteiger partial charge in [-0.1, -0.05) is 49.4 Å². The Hall–Kier alpha value is -2.34. The lowest BCUT2D eigenvalue weighted by atomic mass is 9.47. The van der Waals surface area contributed by atoms with Crippen LogP contribution in [-0.4, -0.2) is 54.1 Å². The number of likely N-dealkylation sites (tertiary alicyclic amines) is 1. The van der Waals surface area contributed by atoms with Gasteiger partial charge in [-0.25, -0.2) is 0 Å². The van der Waals surface area contributed by atoms with Crippen LogP contribution in [0.5, 0.6) is 11.5 Å². The van der Waals surface area contributed by atoms with Gasteiger partial charge in [0.05, 0.1) is 18.1 Å². The molecule has 1 saturated heterocycles. The first-order valence-electron chi connectivity index (χ1n) is 13.1. The van der Waals surface area contributed by atoms with Crippen molar-refractivity contribution in [3.8, 4) is 11.5 Å². The molecule has 1 saturated carbocycles. The van der Waals surface area contributed by atoms with Crippen LogP contribution in [0.15, 0.2) is 54.1 Å². The first kappa shape index (κ1) is 23.1. The van der Waals surface area contributed by atoms with Crippen LogP contribution < -0.4 is 4.74 Å². The summed E-state index contributed by atoms with van der Waals surface area (Å²) in [5.41, 5.74) is 3.71. The fourth-order valence-electron chi connectivity index (χ4n) is 7.52. The maximum atomic E-state index is 11.3. The maximum absolute atomic E-state index is 11.3. The Balaban J connectivity index is 1.52. The average molecular weight is 476 g/mol. The Morgan fingerprint density at radius 1 is 1.23 bits per heavy atom. The van der Waals surface area contributed by atoms with Crippen molar-refractivity contribution in [2.24, 2.45) is 11.3 Å². The number of hydrogen-bond acceptors (Lipinski definition) is 5. The Bertz CT molecular complexity index is 1140. The van der Waals surface area contributed by atoms with E-state index in [9.17, 15) is 10.2 Å². The number of rotatable bonds is 7. The summed E-state index contributed by atoms with van der Waals surface area (Å²) in [5, 5.41) is 22.1.